The van der Waals surface area contributed by atoms with E-state index >= 15 is 0 Å². The van der Waals surface area contributed by atoms with Crippen LogP contribution in [0.1, 0.15) is 15.9 Å². The zero-order chi connectivity index (χ0) is 16.4. The van der Waals surface area contributed by atoms with E-state index in [4.69, 9.17) is 11.6 Å². The van der Waals surface area contributed by atoms with Gasteiger partial charge in [-0.1, -0.05) is 35.9 Å². The van der Waals surface area contributed by atoms with Gasteiger partial charge in [0.15, 0.2) is 0 Å². The maximum Gasteiger partial charge on any atom is 0.269 e. The average Bonchev–Trinajstić information content (AvgIpc) is 2.74. The van der Waals surface area contributed by atoms with Gasteiger partial charge in [0.05, 0.1) is 5.56 Å². The smallest absolute Gasteiger partial charge is 0.268 e. The highest BCUT2D eigenvalue weighted by molar-refractivity contribution is 7.98. The Balaban J connectivity index is 1.61. The molecule has 1 amide bonds. The zero-order valence-corrected chi connectivity index (χ0v) is 14.5. The maximum atomic E-state index is 12.4. The van der Waals surface area contributed by atoms with E-state index in [1.807, 2.05) is 24.3 Å². The predicted octanol–water partition coefficient (Wildman–Crippen LogP) is 3.42. The third-order valence-corrected chi connectivity index (χ3v) is 6.63. The molecule has 0 fully saturated rings. The number of fused-ring (bicyclic) bond motifs is 1. The number of carbonyl (C=O) groups excluding carboxylic acids is 1. The Bertz CT molecular complexity index is 835. The molecule has 1 aliphatic heterocycles. The molecule has 0 saturated carbocycles. The van der Waals surface area contributed by atoms with Crippen LogP contribution in [-0.2, 0) is 15.8 Å². The normalized spacial score (nSPS) is 15.7. The fourth-order valence-electron chi connectivity index (χ4n) is 2.37. The zero-order valence-electron chi connectivity index (χ0n) is 12.1. The molecule has 0 N–H and O–H groups in total. The molecule has 23 heavy (non-hydrogen) atoms. The summed E-state index contributed by atoms with van der Waals surface area (Å²) in [6.45, 7) is 0.175. The maximum absolute atomic E-state index is 12.4. The molecule has 0 spiro atoms. The van der Waals surface area contributed by atoms with Gasteiger partial charge in [-0.15, -0.1) is 0 Å². The molecular formula is C16H14ClNO3S2. The van der Waals surface area contributed by atoms with Gasteiger partial charge >= 0.3 is 0 Å². The first-order chi connectivity index (χ1) is 11.0. The lowest BCUT2D eigenvalue weighted by atomic mass is 10.2. The molecule has 2 aromatic carbocycles. The molecule has 0 saturated heterocycles. The first kappa shape index (κ1) is 16.4. The summed E-state index contributed by atoms with van der Waals surface area (Å²) < 4.78 is 25.7. The second-order valence-electron chi connectivity index (χ2n) is 5.06. The van der Waals surface area contributed by atoms with E-state index in [0.717, 1.165) is 15.6 Å². The van der Waals surface area contributed by atoms with Crippen molar-refractivity contribution in [3.63, 3.8) is 0 Å². The molecule has 0 aromatic heterocycles. The molecule has 0 aliphatic carbocycles. The lowest BCUT2D eigenvalue weighted by Crippen LogP contribution is -2.32. The highest BCUT2D eigenvalue weighted by Crippen LogP contribution is 2.30. The molecule has 1 aliphatic rings. The van der Waals surface area contributed by atoms with Gasteiger partial charge in [-0.3, -0.25) is 4.79 Å². The highest BCUT2D eigenvalue weighted by atomic mass is 35.5. The molecular weight excluding hydrogens is 354 g/mol. The van der Waals surface area contributed by atoms with E-state index in [0.29, 0.717) is 10.8 Å². The molecule has 3 rings (SSSR count). The van der Waals surface area contributed by atoms with Crippen molar-refractivity contribution in [2.75, 3.05) is 12.3 Å². The van der Waals surface area contributed by atoms with Gasteiger partial charge < -0.3 is 0 Å². The molecule has 4 nitrogen and oxygen atoms in total. The molecule has 0 atom stereocenters. The van der Waals surface area contributed by atoms with Crippen LogP contribution >= 0.6 is 23.4 Å². The Morgan fingerprint density at radius 1 is 1.04 bits per heavy atom. The van der Waals surface area contributed by atoms with Crippen LogP contribution < -0.4 is 0 Å². The summed E-state index contributed by atoms with van der Waals surface area (Å²) in [5, 5.41) is 0.685. The molecule has 120 valence electrons. The quantitative estimate of drug-likeness (QED) is 0.760. The van der Waals surface area contributed by atoms with Crippen LogP contribution in [0.2, 0.25) is 5.02 Å². The Hall–Kier alpha value is -1.50. The molecule has 7 heteroatoms. The minimum atomic E-state index is -3.69. The van der Waals surface area contributed by atoms with Crippen molar-refractivity contribution >= 4 is 39.3 Å². The summed E-state index contributed by atoms with van der Waals surface area (Å²) in [6.07, 6.45) is 0. The van der Waals surface area contributed by atoms with E-state index in [1.54, 1.807) is 30.0 Å². The largest absolute Gasteiger partial charge is 0.269 e. The van der Waals surface area contributed by atoms with Gasteiger partial charge in [0, 0.05) is 23.1 Å². The summed E-state index contributed by atoms with van der Waals surface area (Å²) in [5.41, 5.74) is 1.37. The number of rotatable bonds is 5. The number of thioether (sulfide) groups is 1. The van der Waals surface area contributed by atoms with Gasteiger partial charge in [-0.05, 0) is 29.8 Å². The molecule has 0 radical (unpaired) electrons. The average molecular weight is 368 g/mol. The molecule has 1 heterocycles. The first-order valence-electron chi connectivity index (χ1n) is 6.98. The van der Waals surface area contributed by atoms with Crippen LogP contribution in [0.25, 0.3) is 0 Å². The topological polar surface area (TPSA) is 54.5 Å². The number of hydrogen-bond acceptors (Lipinski definition) is 4. The minimum Gasteiger partial charge on any atom is -0.268 e. The van der Waals surface area contributed by atoms with Crippen molar-refractivity contribution < 1.29 is 13.2 Å². The number of halogens is 1. The second kappa shape index (κ2) is 6.55. The van der Waals surface area contributed by atoms with E-state index in [-0.39, 0.29) is 17.0 Å². The van der Waals surface area contributed by atoms with Crippen LogP contribution in [0, 0.1) is 0 Å². The van der Waals surface area contributed by atoms with Crippen LogP contribution in [0.5, 0.6) is 0 Å². The summed E-state index contributed by atoms with van der Waals surface area (Å²) in [6, 6.07) is 13.8. The number of benzene rings is 2. The minimum absolute atomic E-state index is 0.104. The van der Waals surface area contributed by atoms with Crippen molar-refractivity contribution in [3.8, 4) is 0 Å². The molecule has 0 unspecified atom stereocenters. The number of carbonyl (C=O) groups is 1. The van der Waals surface area contributed by atoms with Gasteiger partial charge in [0.2, 0.25) is 0 Å². The van der Waals surface area contributed by atoms with Gasteiger partial charge in [-0.25, -0.2) is 12.7 Å². The summed E-state index contributed by atoms with van der Waals surface area (Å²) >= 11 is 7.41. The van der Waals surface area contributed by atoms with Gasteiger partial charge in [0.25, 0.3) is 15.9 Å². The fraction of sp³-hybridized carbons (Fsp3) is 0.188. The van der Waals surface area contributed by atoms with Crippen LogP contribution in [-0.4, -0.2) is 30.9 Å². The van der Waals surface area contributed by atoms with Gasteiger partial charge in [0.1, 0.15) is 4.90 Å². The number of hydrogen-bond donors (Lipinski definition) is 0. The van der Waals surface area contributed by atoms with Crippen LogP contribution in [0.4, 0.5) is 0 Å². The fourth-order valence-corrected chi connectivity index (χ4v) is 5.07. The summed E-state index contributed by atoms with van der Waals surface area (Å²) in [5.74, 6) is 0.848. The highest BCUT2D eigenvalue weighted by Gasteiger charge is 2.40. The Morgan fingerprint density at radius 2 is 1.74 bits per heavy atom. The third kappa shape index (κ3) is 3.24. The van der Waals surface area contributed by atoms with Gasteiger partial charge in [-0.2, -0.15) is 11.8 Å². The van der Waals surface area contributed by atoms with E-state index in [1.165, 1.54) is 6.07 Å². The number of nitrogens with zero attached hydrogens (tertiary/aromatic N) is 1. The lowest BCUT2D eigenvalue weighted by molar-refractivity contribution is 0.0876. The van der Waals surface area contributed by atoms with Crippen molar-refractivity contribution in [1.29, 1.82) is 0 Å². The second-order valence-corrected chi connectivity index (χ2v) is 8.43. The van der Waals surface area contributed by atoms with Crippen molar-refractivity contribution in [2.45, 2.75) is 10.6 Å². The standard InChI is InChI=1S/C16H14ClNO3S2/c17-13-7-5-12(6-8-13)11-22-10-9-18-16(19)14-3-1-2-4-15(14)23(18,20)21/h1-8H,9-11H2. The molecule has 0 bridgehead atoms. The predicted molar refractivity (Wildman–Crippen MR) is 92.3 cm³/mol. The van der Waals surface area contributed by atoms with Crippen molar-refractivity contribution in [1.82, 2.24) is 4.31 Å². The Kier molecular flexibility index (Phi) is 4.66. The summed E-state index contributed by atoms with van der Waals surface area (Å²) in [4.78, 5) is 12.3. The summed E-state index contributed by atoms with van der Waals surface area (Å²) in [7, 11) is -3.69. The lowest BCUT2D eigenvalue weighted by Gasteiger charge is -2.14. The van der Waals surface area contributed by atoms with Crippen molar-refractivity contribution in [2.24, 2.45) is 0 Å². The SMILES string of the molecule is O=C1c2ccccc2S(=O)(=O)N1CCSCc1ccc(Cl)cc1. The number of amides is 1. The van der Waals surface area contributed by atoms with Crippen LogP contribution in [0.15, 0.2) is 53.4 Å². The van der Waals surface area contributed by atoms with Crippen molar-refractivity contribution in [3.05, 3.63) is 64.7 Å². The Morgan fingerprint density at radius 3 is 2.43 bits per heavy atom. The third-order valence-electron chi connectivity index (χ3n) is 3.53. The van der Waals surface area contributed by atoms with E-state index in [9.17, 15) is 13.2 Å². The number of sulfonamides is 1. The Labute approximate surface area is 144 Å². The molecule has 2 aromatic rings. The van der Waals surface area contributed by atoms with E-state index in [2.05, 4.69) is 0 Å². The monoisotopic (exact) mass is 367 g/mol. The van der Waals surface area contributed by atoms with Crippen LogP contribution in [0.3, 0.4) is 0 Å². The first-order valence-corrected chi connectivity index (χ1v) is 9.96. The van der Waals surface area contributed by atoms with E-state index < -0.39 is 15.9 Å².